The van der Waals surface area contributed by atoms with Gasteiger partial charge in [0.2, 0.25) is 5.91 Å². The van der Waals surface area contributed by atoms with Crippen molar-refractivity contribution in [2.75, 3.05) is 38.7 Å². The first kappa shape index (κ1) is 36.5. The van der Waals surface area contributed by atoms with Crippen molar-refractivity contribution in [3.63, 3.8) is 0 Å². The van der Waals surface area contributed by atoms with Crippen LogP contribution in [0, 0.1) is 11.8 Å². The minimum absolute atomic E-state index is 0.00136. The van der Waals surface area contributed by atoms with Gasteiger partial charge in [-0.15, -0.1) is 0 Å². The fourth-order valence-corrected chi connectivity index (χ4v) is 6.71. The Kier molecular flexibility index (Phi) is 14.0. The van der Waals surface area contributed by atoms with Gasteiger partial charge in [-0.3, -0.25) is 14.5 Å². The van der Waals surface area contributed by atoms with E-state index in [2.05, 4.69) is 17.1 Å². The number of carbonyl (C=O) groups is 2. The number of amides is 2. The maximum atomic E-state index is 14.4. The molecule has 2 aromatic carbocycles. The maximum absolute atomic E-state index is 14.4. The van der Waals surface area contributed by atoms with Gasteiger partial charge in [-0.25, -0.2) is 0 Å². The van der Waals surface area contributed by atoms with E-state index in [1.807, 2.05) is 45.2 Å². The number of aliphatic hydroxyl groups excluding tert-OH is 1. The second-order valence-electron chi connectivity index (χ2n) is 13.3. The summed E-state index contributed by atoms with van der Waals surface area (Å²) >= 11 is 12.4. The molecule has 1 fully saturated rings. The minimum Gasteiger partial charge on any atom is -0.490 e. The predicted molar refractivity (Wildman–Crippen MR) is 185 cm³/mol. The second kappa shape index (κ2) is 17.7. The number of halogens is 2. The monoisotopic (exact) mass is 675 g/mol. The SMILES string of the molecule is C[C@@H]1CCCCO[C@@H](CN(C)Cc2ccc(Cl)c(Cl)c2)[C@@H](C)CN([C@H](C)CO)C(=O)c2cc(NC(=O)C3CCCCC3)ccc2O1. The van der Waals surface area contributed by atoms with Gasteiger partial charge in [-0.1, -0.05) is 55.5 Å². The molecule has 1 saturated carbocycles. The third kappa shape index (κ3) is 10.3. The highest BCUT2D eigenvalue weighted by molar-refractivity contribution is 6.42. The van der Waals surface area contributed by atoms with Crippen molar-refractivity contribution in [2.45, 2.75) is 96.9 Å². The number of hydrogen-bond donors (Lipinski definition) is 2. The van der Waals surface area contributed by atoms with Crippen LogP contribution in [0.1, 0.15) is 88.1 Å². The second-order valence-corrected chi connectivity index (χ2v) is 14.1. The van der Waals surface area contributed by atoms with E-state index < -0.39 is 6.04 Å². The Morgan fingerprint density at radius 1 is 1.04 bits per heavy atom. The highest BCUT2D eigenvalue weighted by Crippen LogP contribution is 2.30. The fourth-order valence-electron chi connectivity index (χ4n) is 6.39. The zero-order chi connectivity index (χ0) is 33.2. The van der Waals surface area contributed by atoms with E-state index in [1.54, 1.807) is 17.0 Å². The number of benzene rings is 2. The molecule has 1 aliphatic heterocycles. The molecule has 1 heterocycles. The molecule has 0 saturated heterocycles. The minimum atomic E-state index is -0.441. The van der Waals surface area contributed by atoms with Crippen molar-refractivity contribution >= 4 is 40.7 Å². The van der Waals surface area contributed by atoms with Gasteiger partial charge in [0.25, 0.3) is 5.91 Å². The number of nitrogens with zero attached hydrogens (tertiary/aromatic N) is 2. The predicted octanol–water partition coefficient (Wildman–Crippen LogP) is 7.44. The molecule has 0 unspecified atom stereocenters. The fraction of sp³-hybridized carbons (Fsp3) is 0.611. The maximum Gasteiger partial charge on any atom is 0.258 e. The number of nitrogens with one attached hydrogen (secondary N) is 1. The lowest BCUT2D eigenvalue weighted by atomic mass is 9.88. The number of fused-ring (bicyclic) bond motifs is 1. The Morgan fingerprint density at radius 2 is 1.78 bits per heavy atom. The van der Waals surface area contributed by atoms with E-state index in [9.17, 15) is 14.7 Å². The molecular formula is C36H51Cl2N3O5. The van der Waals surface area contributed by atoms with Crippen LogP contribution in [0.5, 0.6) is 5.75 Å². The van der Waals surface area contributed by atoms with Crippen LogP contribution in [0.25, 0.3) is 0 Å². The molecule has 0 bridgehead atoms. The smallest absolute Gasteiger partial charge is 0.258 e. The molecule has 4 atom stereocenters. The van der Waals surface area contributed by atoms with Crippen molar-refractivity contribution in [1.29, 1.82) is 0 Å². The summed E-state index contributed by atoms with van der Waals surface area (Å²) in [6, 6.07) is 10.6. The normalized spacial score (nSPS) is 22.9. The summed E-state index contributed by atoms with van der Waals surface area (Å²) in [6.45, 7) is 8.04. The van der Waals surface area contributed by atoms with Crippen LogP contribution in [0.3, 0.4) is 0 Å². The topological polar surface area (TPSA) is 91.3 Å². The summed E-state index contributed by atoms with van der Waals surface area (Å²) in [5, 5.41) is 14.4. The van der Waals surface area contributed by atoms with E-state index in [4.69, 9.17) is 32.7 Å². The van der Waals surface area contributed by atoms with Crippen LogP contribution in [-0.2, 0) is 16.1 Å². The molecule has 2 N–H and O–H groups in total. The van der Waals surface area contributed by atoms with Crippen LogP contribution in [0.2, 0.25) is 10.0 Å². The summed E-state index contributed by atoms with van der Waals surface area (Å²) < 4.78 is 12.8. The highest BCUT2D eigenvalue weighted by Gasteiger charge is 2.31. The average Bonchev–Trinajstić information content (AvgIpc) is 3.04. The number of carbonyl (C=O) groups excluding carboxylic acids is 2. The van der Waals surface area contributed by atoms with Gasteiger partial charge in [0, 0.05) is 43.8 Å². The highest BCUT2D eigenvalue weighted by atomic mass is 35.5. The van der Waals surface area contributed by atoms with Crippen LogP contribution < -0.4 is 10.1 Å². The Bertz CT molecular complexity index is 1300. The van der Waals surface area contributed by atoms with E-state index in [0.29, 0.717) is 53.3 Å². The molecule has 0 spiro atoms. The van der Waals surface area contributed by atoms with Crippen LogP contribution in [0.15, 0.2) is 36.4 Å². The molecule has 0 aromatic heterocycles. The Labute approximate surface area is 284 Å². The molecule has 254 valence electrons. The Morgan fingerprint density at radius 3 is 2.50 bits per heavy atom. The molecule has 0 radical (unpaired) electrons. The van der Waals surface area contributed by atoms with E-state index in [1.165, 1.54) is 6.42 Å². The van der Waals surface area contributed by atoms with Gasteiger partial charge in [-0.05, 0) is 88.9 Å². The number of likely N-dealkylation sites (N-methyl/N-ethyl adjacent to an activating group) is 1. The van der Waals surface area contributed by atoms with E-state index in [0.717, 1.165) is 50.5 Å². The standard InChI is InChI=1S/C36H51Cl2N3O5/c1-24-20-41(25(2)23-42)36(44)30-19-29(39-35(43)28-11-6-5-7-12-28)14-16-33(30)46-26(3)10-8-9-17-45-34(24)22-40(4)21-27-13-15-31(37)32(38)18-27/h13-16,18-19,24-26,28,34,42H,5-12,17,20-23H2,1-4H3,(H,39,43)/t24-,25+,26+,34-/m0/s1. The van der Waals surface area contributed by atoms with Crippen LogP contribution >= 0.6 is 23.2 Å². The Hall–Kier alpha value is -2.36. The van der Waals surface area contributed by atoms with Crippen LogP contribution in [-0.4, -0.2) is 78.3 Å². The molecule has 2 amide bonds. The lowest BCUT2D eigenvalue weighted by Crippen LogP contribution is -2.47. The number of hydrogen-bond acceptors (Lipinski definition) is 6. The molecule has 4 rings (SSSR count). The third-order valence-corrected chi connectivity index (χ3v) is 9.96. The first-order valence-corrected chi connectivity index (χ1v) is 17.6. The van der Waals surface area contributed by atoms with Gasteiger partial charge in [-0.2, -0.15) is 0 Å². The molecule has 46 heavy (non-hydrogen) atoms. The quantitative estimate of drug-likeness (QED) is 0.302. The van der Waals surface area contributed by atoms with Gasteiger partial charge < -0.3 is 24.8 Å². The van der Waals surface area contributed by atoms with Crippen molar-refractivity contribution < 1.29 is 24.2 Å². The zero-order valence-electron chi connectivity index (χ0n) is 27.8. The summed E-state index contributed by atoms with van der Waals surface area (Å²) in [7, 11) is 2.04. The van der Waals surface area contributed by atoms with Gasteiger partial charge >= 0.3 is 0 Å². The molecule has 1 aliphatic carbocycles. The van der Waals surface area contributed by atoms with Crippen molar-refractivity contribution in [3.8, 4) is 5.75 Å². The number of anilines is 1. The van der Waals surface area contributed by atoms with Crippen molar-refractivity contribution in [2.24, 2.45) is 11.8 Å². The first-order chi connectivity index (χ1) is 22.0. The van der Waals surface area contributed by atoms with Crippen molar-refractivity contribution in [1.82, 2.24) is 9.80 Å². The number of aliphatic hydroxyl groups is 1. The lowest BCUT2D eigenvalue weighted by Gasteiger charge is -2.36. The molecule has 2 aliphatic rings. The Balaban J connectivity index is 1.58. The summed E-state index contributed by atoms with van der Waals surface area (Å²) in [5.41, 5.74) is 2.01. The first-order valence-electron chi connectivity index (χ1n) is 16.8. The van der Waals surface area contributed by atoms with Gasteiger partial charge in [0.15, 0.2) is 0 Å². The molecule has 10 heteroatoms. The largest absolute Gasteiger partial charge is 0.490 e. The number of rotatable bonds is 8. The lowest BCUT2D eigenvalue weighted by molar-refractivity contribution is -0.120. The van der Waals surface area contributed by atoms with Gasteiger partial charge in [0.1, 0.15) is 5.75 Å². The third-order valence-electron chi connectivity index (χ3n) is 9.22. The average molecular weight is 677 g/mol. The van der Waals surface area contributed by atoms with E-state index >= 15 is 0 Å². The zero-order valence-corrected chi connectivity index (χ0v) is 29.3. The number of ether oxygens (including phenoxy) is 2. The van der Waals surface area contributed by atoms with Gasteiger partial charge in [0.05, 0.1) is 40.5 Å². The summed E-state index contributed by atoms with van der Waals surface area (Å²) in [5.74, 6) is 0.190. The van der Waals surface area contributed by atoms with Crippen molar-refractivity contribution in [3.05, 3.63) is 57.6 Å². The molecule has 8 nitrogen and oxygen atoms in total. The van der Waals surface area contributed by atoms with E-state index in [-0.39, 0.29) is 42.5 Å². The van der Waals surface area contributed by atoms with Crippen LogP contribution in [0.4, 0.5) is 5.69 Å². The summed E-state index contributed by atoms with van der Waals surface area (Å²) in [6.07, 6.45) is 7.43. The molecule has 2 aromatic rings. The summed E-state index contributed by atoms with van der Waals surface area (Å²) in [4.78, 5) is 31.4. The molecular weight excluding hydrogens is 625 g/mol.